The Morgan fingerprint density at radius 3 is 2.82 bits per heavy atom. The van der Waals surface area contributed by atoms with Crippen molar-refractivity contribution < 1.29 is 4.74 Å². The summed E-state index contributed by atoms with van der Waals surface area (Å²) in [5.41, 5.74) is 2.75. The van der Waals surface area contributed by atoms with Crippen molar-refractivity contribution in [3.63, 3.8) is 0 Å². The summed E-state index contributed by atoms with van der Waals surface area (Å²) in [7, 11) is 0. The molecule has 1 atom stereocenters. The molecule has 1 saturated heterocycles. The van der Waals surface area contributed by atoms with Gasteiger partial charge in [0.15, 0.2) is 0 Å². The van der Waals surface area contributed by atoms with Gasteiger partial charge >= 0.3 is 0 Å². The van der Waals surface area contributed by atoms with Crippen LogP contribution in [0.3, 0.4) is 0 Å². The van der Waals surface area contributed by atoms with Gasteiger partial charge in [-0.2, -0.15) is 0 Å². The summed E-state index contributed by atoms with van der Waals surface area (Å²) < 4.78 is 5.87. The number of nitrogens with one attached hydrogen (secondary N) is 1. The summed E-state index contributed by atoms with van der Waals surface area (Å²) in [6.07, 6.45) is 1.24. The van der Waals surface area contributed by atoms with Crippen LogP contribution in [0.1, 0.15) is 37.3 Å². The zero-order valence-electron chi connectivity index (χ0n) is 11.1. The highest BCUT2D eigenvalue weighted by atomic mass is 16.5. The SMILES string of the molecule is Cc1cc(OC[C@H]2CCNC2)ccc1C(C)C. The minimum atomic E-state index is 0.586. The van der Waals surface area contributed by atoms with Gasteiger partial charge in [-0.3, -0.25) is 0 Å². The molecule has 0 radical (unpaired) electrons. The van der Waals surface area contributed by atoms with Crippen molar-refractivity contribution in [2.24, 2.45) is 5.92 Å². The number of ether oxygens (including phenoxy) is 1. The molecule has 94 valence electrons. The van der Waals surface area contributed by atoms with E-state index in [1.165, 1.54) is 17.5 Å². The van der Waals surface area contributed by atoms with Gasteiger partial charge in [-0.15, -0.1) is 0 Å². The Bertz CT molecular complexity index is 367. The number of hydrogen-bond acceptors (Lipinski definition) is 2. The highest BCUT2D eigenvalue weighted by molar-refractivity contribution is 5.36. The molecule has 0 aromatic heterocycles. The molecule has 2 rings (SSSR count). The van der Waals surface area contributed by atoms with Crippen LogP contribution in [0.15, 0.2) is 18.2 Å². The van der Waals surface area contributed by atoms with E-state index in [1.807, 2.05) is 0 Å². The third-order valence-corrected chi connectivity index (χ3v) is 3.51. The van der Waals surface area contributed by atoms with E-state index in [9.17, 15) is 0 Å². The summed E-state index contributed by atoms with van der Waals surface area (Å²) >= 11 is 0. The molecule has 2 nitrogen and oxygen atoms in total. The van der Waals surface area contributed by atoms with Crippen molar-refractivity contribution >= 4 is 0 Å². The monoisotopic (exact) mass is 233 g/mol. The summed E-state index contributed by atoms with van der Waals surface area (Å²) in [6.45, 7) is 9.70. The highest BCUT2D eigenvalue weighted by Gasteiger charge is 2.15. The lowest BCUT2D eigenvalue weighted by Crippen LogP contribution is -2.15. The fourth-order valence-corrected chi connectivity index (χ4v) is 2.46. The Kier molecular flexibility index (Phi) is 4.06. The Balaban J connectivity index is 1.94. The van der Waals surface area contributed by atoms with Crippen LogP contribution in [0, 0.1) is 12.8 Å². The molecule has 0 aliphatic carbocycles. The van der Waals surface area contributed by atoms with Crippen molar-refractivity contribution in [1.29, 1.82) is 0 Å². The van der Waals surface area contributed by atoms with Crippen LogP contribution in [0.4, 0.5) is 0 Å². The van der Waals surface area contributed by atoms with Crippen molar-refractivity contribution in [1.82, 2.24) is 5.32 Å². The fraction of sp³-hybridized carbons (Fsp3) is 0.600. The van der Waals surface area contributed by atoms with Crippen molar-refractivity contribution in [2.75, 3.05) is 19.7 Å². The Hall–Kier alpha value is -1.02. The predicted molar refractivity (Wildman–Crippen MR) is 71.7 cm³/mol. The first kappa shape index (κ1) is 12.4. The van der Waals surface area contributed by atoms with Gasteiger partial charge in [-0.25, -0.2) is 0 Å². The molecule has 0 unspecified atom stereocenters. The quantitative estimate of drug-likeness (QED) is 0.863. The van der Waals surface area contributed by atoms with E-state index in [2.05, 4.69) is 44.3 Å². The minimum Gasteiger partial charge on any atom is -0.493 e. The Morgan fingerprint density at radius 2 is 2.24 bits per heavy atom. The molecule has 1 N–H and O–H groups in total. The average Bonchev–Trinajstić information content (AvgIpc) is 2.78. The predicted octanol–water partition coefficient (Wildman–Crippen LogP) is 3.11. The molecule has 1 aliphatic rings. The van der Waals surface area contributed by atoms with E-state index < -0.39 is 0 Å². The molecular formula is C15H23NO. The minimum absolute atomic E-state index is 0.586. The molecule has 1 aromatic rings. The maximum absolute atomic E-state index is 5.87. The Morgan fingerprint density at radius 1 is 1.41 bits per heavy atom. The van der Waals surface area contributed by atoms with Crippen LogP contribution in [0.5, 0.6) is 5.75 Å². The second kappa shape index (κ2) is 5.54. The third-order valence-electron chi connectivity index (χ3n) is 3.51. The lowest BCUT2D eigenvalue weighted by Gasteiger charge is -2.14. The van der Waals surface area contributed by atoms with Gasteiger partial charge in [0.05, 0.1) is 6.61 Å². The van der Waals surface area contributed by atoms with Crippen LogP contribution in [-0.2, 0) is 0 Å². The van der Waals surface area contributed by atoms with Gasteiger partial charge in [0.25, 0.3) is 0 Å². The first-order chi connectivity index (χ1) is 8.16. The second-order valence-electron chi connectivity index (χ2n) is 5.34. The normalized spacial score (nSPS) is 19.9. The van der Waals surface area contributed by atoms with Gasteiger partial charge in [0, 0.05) is 12.5 Å². The zero-order valence-corrected chi connectivity index (χ0v) is 11.1. The molecule has 17 heavy (non-hydrogen) atoms. The summed E-state index contributed by atoms with van der Waals surface area (Å²) in [5, 5.41) is 3.36. The molecule has 0 saturated carbocycles. The van der Waals surface area contributed by atoms with Gasteiger partial charge < -0.3 is 10.1 Å². The fourth-order valence-electron chi connectivity index (χ4n) is 2.46. The highest BCUT2D eigenvalue weighted by Crippen LogP contribution is 2.24. The van der Waals surface area contributed by atoms with E-state index in [0.29, 0.717) is 11.8 Å². The van der Waals surface area contributed by atoms with Crippen LogP contribution in [0.2, 0.25) is 0 Å². The molecule has 2 heteroatoms. The van der Waals surface area contributed by atoms with E-state index in [-0.39, 0.29) is 0 Å². The summed E-state index contributed by atoms with van der Waals surface area (Å²) in [6, 6.07) is 6.46. The molecule has 1 heterocycles. The van der Waals surface area contributed by atoms with Crippen molar-refractivity contribution in [3.8, 4) is 5.75 Å². The molecule has 1 fully saturated rings. The molecule has 0 bridgehead atoms. The summed E-state index contributed by atoms with van der Waals surface area (Å²) in [5.74, 6) is 2.28. The number of hydrogen-bond donors (Lipinski definition) is 1. The Labute approximate surface area is 104 Å². The van der Waals surface area contributed by atoms with Crippen LogP contribution in [0.25, 0.3) is 0 Å². The lowest BCUT2D eigenvalue weighted by atomic mass is 9.98. The van der Waals surface area contributed by atoms with Gasteiger partial charge in [0.2, 0.25) is 0 Å². The number of rotatable bonds is 4. The number of aryl methyl sites for hydroxylation is 1. The zero-order chi connectivity index (χ0) is 12.3. The van der Waals surface area contributed by atoms with Gasteiger partial charge in [0.1, 0.15) is 5.75 Å². The molecule has 1 aromatic carbocycles. The van der Waals surface area contributed by atoms with Crippen LogP contribution in [-0.4, -0.2) is 19.7 Å². The lowest BCUT2D eigenvalue weighted by molar-refractivity contribution is 0.260. The van der Waals surface area contributed by atoms with Crippen molar-refractivity contribution in [2.45, 2.75) is 33.1 Å². The van der Waals surface area contributed by atoms with E-state index in [1.54, 1.807) is 0 Å². The maximum atomic E-state index is 5.87. The molecule has 1 aliphatic heterocycles. The van der Waals surface area contributed by atoms with E-state index in [0.717, 1.165) is 25.4 Å². The second-order valence-corrected chi connectivity index (χ2v) is 5.34. The standard InChI is InChI=1S/C15H23NO/c1-11(2)15-5-4-14(8-12(15)3)17-10-13-6-7-16-9-13/h4-5,8,11,13,16H,6-7,9-10H2,1-3H3/t13-/m0/s1. The third kappa shape index (κ3) is 3.22. The number of benzene rings is 1. The average molecular weight is 233 g/mol. The smallest absolute Gasteiger partial charge is 0.119 e. The van der Waals surface area contributed by atoms with E-state index >= 15 is 0 Å². The molecule has 0 spiro atoms. The van der Waals surface area contributed by atoms with Crippen molar-refractivity contribution in [3.05, 3.63) is 29.3 Å². The molecular weight excluding hydrogens is 210 g/mol. The van der Waals surface area contributed by atoms with Crippen LogP contribution >= 0.6 is 0 Å². The van der Waals surface area contributed by atoms with Crippen LogP contribution < -0.4 is 10.1 Å². The molecule has 0 amide bonds. The van der Waals surface area contributed by atoms with E-state index in [4.69, 9.17) is 4.74 Å². The maximum Gasteiger partial charge on any atom is 0.119 e. The first-order valence-electron chi connectivity index (χ1n) is 6.61. The summed E-state index contributed by atoms with van der Waals surface area (Å²) in [4.78, 5) is 0. The largest absolute Gasteiger partial charge is 0.493 e. The van der Waals surface area contributed by atoms with Gasteiger partial charge in [-0.05, 0) is 49.1 Å². The topological polar surface area (TPSA) is 21.3 Å². The van der Waals surface area contributed by atoms with Gasteiger partial charge in [-0.1, -0.05) is 19.9 Å². The first-order valence-corrected chi connectivity index (χ1v) is 6.61.